The first-order chi connectivity index (χ1) is 6.82. The van der Waals surface area contributed by atoms with E-state index in [1.165, 1.54) is 38.5 Å². The van der Waals surface area contributed by atoms with Crippen LogP contribution in [0.2, 0.25) is 0 Å². The van der Waals surface area contributed by atoms with Crippen molar-refractivity contribution in [2.75, 3.05) is 6.61 Å². The summed E-state index contributed by atoms with van der Waals surface area (Å²) in [6.45, 7) is 0.221. The summed E-state index contributed by atoms with van der Waals surface area (Å²) in [5.74, 6) is 1.74. The molecule has 4 aliphatic rings. The van der Waals surface area contributed by atoms with Crippen molar-refractivity contribution in [3.63, 3.8) is 0 Å². The van der Waals surface area contributed by atoms with Crippen LogP contribution in [0.25, 0.3) is 0 Å². The maximum Gasteiger partial charge on any atom is 0.0814 e. The molecule has 1 aliphatic heterocycles. The highest BCUT2D eigenvalue weighted by Gasteiger charge is 2.51. The third kappa shape index (κ3) is 1.24. The van der Waals surface area contributed by atoms with Crippen LogP contribution in [0.4, 0.5) is 0 Å². The molecule has 1 saturated heterocycles. The van der Waals surface area contributed by atoms with Crippen LogP contribution in [0.15, 0.2) is 0 Å². The van der Waals surface area contributed by atoms with E-state index in [2.05, 4.69) is 0 Å². The van der Waals surface area contributed by atoms with Gasteiger partial charge < -0.3 is 9.84 Å². The third-order valence-corrected chi connectivity index (χ3v) is 4.72. The fraction of sp³-hybridized carbons (Fsp3) is 1.00. The molecule has 2 nitrogen and oxygen atoms in total. The molecule has 1 N–H and O–H groups in total. The van der Waals surface area contributed by atoms with Gasteiger partial charge in [0.05, 0.1) is 18.3 Å². The van der Waals surface area contributed by atoms with Gasteiger partial charge in [-0.05, 0) is 56.8 Å². The van der Waals surface area contributed by atoms with E-state index in [0.29, 0.717) is 0 Å². The second kappa shape index (κ2) is 3.21. The second-order valence-electron chi connectivity index (χ2n) is 5.45. The van der Waals surface area contributed by atoms with Crippen LogP contribution in [0.3, 0.4) is 0 Å². The van der Waals surface area contributed by atoms with Crippen LogP contribution in [-0.2, 0) is 4.74 Å². The normalized spacial score (nSPS) is 51.6. The Bertz CT molecular complexity index is 220. The van der Waals surface area contributed by atoms with Crippen molar-refractivity contribution in [2.45, 2.75) is 56.7 Å². The topological polar surface area (TPSA) is 29.5 Å². The van der Waals surface area contributed by atoms with E-state index in [0.717, 1.165) is 18.3 Å². The first-order valence-corrected chi connectivity index (χ1v) is 6.11. The molecule has 0 aromatic heterocycles. The van der Waals surface area contributed by atoms with Crippen LogP contribution in [0, 0.1) is 11.8 Å². The summed E-state index contributed by atoms with van der Waals surface area (Å²) in [5.41, 5.74) is 0.203. The Labute approximate surface area is 85.6 Å². The Hall–Kier alpha value is -0.0800. The van der Waals surface area contributed by atoms with E-state index >= 15 is 0 Å². The van der Waals surface area contributed by atoms with Crippen molar-refractivity contribution >= 4 is 0 Å². The van der Waals surface area contributed by atoms with Gasteiger partial charge in [-0.15, -0.1) is 0 Å². The molecule has 4 fully saturated rings. The molecule has 3 saturated carbocycles. The summed E-state index contributed by atoms with van der Waals surface area (Å²) < 4.78 is 6.12. The van der Waals surface area contributed by atoms with Gasteiger partial charge in [0.25, 0.3) is 0 Å². The average Bonchev–Trinajstić information content (AvgIpc) is 2.63. The predicted octanol–water partition coefficient (Wildman–Crippen LogP) is 2.11. The van der Waals surface area contributed by atoms with Gasteiger partial charge in [-0.25, -0.2) is 0 Å². The van der Waals surface area contributed by atoms with Crippen LogP contribution in [0.5, 0.6) is 0 Å². The van der Waals surface area contributed by atoms with Gasteiger partial charge in [0.15, 0.2) is 0 Å². The van der Waals surface area contributed by atoms with E-state index in [-0.39, 0.29) is 18.3 Å². The number of rotatable bonds is 1. The quantitative estimate of drug-likeness (QED) is 0.696. The van der Waals surface area contributed by atoms with Crippen molar-refractivity contribution < 1.29 is 9.84 Å². The average molecular weight is 196 g/mol. The number of hydrogen-bond acceptors (Lipinski definition) is 2. The summed E-state index contributed by atoms with van der Waals surface area (Å²) in [6, 6.07) is 0. The van der Waals surface area contributed by atoms with E-state index in [1.807, 2.05) is 0 Å². The van der Waals surface area contributed by atoms with Crippen molar-refractivity contribution in [3.05, 3.63) is 0 Å². The molecule has 2 heteroatoms. The Balaban J connectivity index is 1.78. The van der Waals surface area contributed by atoms with Crippen LogP contribution < -0.4 is 0 Å². The van der Waals surface area contributed by atoms with Crippen molar-refractivity contribution in [1.82, 2.24) is 0 Å². The van der Waals surface area contributed by atoms with E-state index in [1.54, 1.807) is 0 Å². The smallest absolute Gasteiger partial charge is 0.0814 e. The number of ether oxygens (including phenoxy) is 1. The summed E-state index contributed by atoms with van der Waals surface area (Å²) in [5, 5.41) is 9.13. The number of aliphatic hydroxyl groups excluding tert-OH is 1. The summed E-state index contributed by atoms with van der Waals surface area (Å²) >= 11 is 0. The van der Waals surface area contributed by atoms with Gasteiger partial charge in [0.2, 0.25) is 0 Å². The lowest BCUT2D eigenvalue weighted by atomic mass is 9.61. The van der Waals surface area contributed by atoms with Gasteiger partial charge >= 0.3 is 0 Å². The Morgan fingerprint density at radius 1 is 1.14 bits per heavy atom. The first kappa shape index (κ1) is 9.17. The number of aliphatic hydroxyl groups is 1. The molecular weight excluding hydrogens is 176 g/mol. The van der Waals surface area contributed by atoms with Crippen LogP contribution in [0.1, 0.15) is 44.9 Å². The molecule has 1 heterocycles. The first-order valence-electron chi connectivity index (χ1n) is 6.11. The highest BCUT2D eigenvalue weighted by atomic mass is 16.5. The fourth-order valence-corrected chi connectivity index (χ4v) is 3.98. The summed E-state index contributed by atoms with van der Waals surface area (Å²) in [7, 11) is 0. The van der Waals surface area contributed by atoms with E-state index in [9.17, 15) is 0 Å². The SMILES string of the molecule is OCC1CCC2(CC3CCC2CC3)O1. The Morgan fingerprint density at radius 3 is 2.43 bits per heavy atom. The predicted molar refractivity (Wildman–Crippen MR) is 54.0 cm³/mol. The van der Waals surface area contributed by atoms with Gasteiger partial charge in [-0.1, -0.05) is 0 Å². The zero-order valence-corrected chi connectivity index (χ0v) is 8.74. The number of fused-ring (bicyclic) bond motifs is 2. The maximum absolute atomic E-state index is 9.13. The minimum Gasteiger partial charge on any atom is -0.394 e. The van der Waals surface area contributed by atoms with E-state index in [4.69, 9.17) is 9.84 Å². The second-order valence-corrected chi connectivity index (χ2v) is 5.45. The monoisotopic (exact) mass is 196 g/mol. The lowest BCUT2D eigenvalue weighted by molar-refractivity contribution is -0.142. The van der Waals surface area contributed by atoms with Crippen molar-refractivity contribution in [2.24, 2.45) is 11.8 Å². The molecule has 2 bridgehead atoms. The van der Waals surface area contributed by atoms with Gasteiger partial charge in [-0.3, -0.25) is 0 Å². The van der Waals surface area contributed by atoms with Crippen LogP contribution in [-0.4, -0.2) is 23.4 Å². The van der Waals surface area contributed by atoms with Crippen LogP contribution >= 0.6 is 0 Å². The minimum atomic E-state index is 0.148. The van der Waals surface area contributed by atoms with E-state index < -0.39 is 0 Å². The zero-order chi connectivity index (χ0) is 9.60. The lowest BCUT2D eigenvalue weighted by Gasteiger charge is -2.49. The van der Waals surface area contributed by atoms with Gasteiger partial charge in [-0.2, -0.15) is 0 Å². The minimum absolute atomic E-state index is 0.148. The molecule has 2 atom stereocenters. The highest BCUT2D eigenvalue weighted by Crippen LogP contribution is 2.54. The van der Waals surface area contributed by atoms with Gasteiger partial charge in [0.1, 0.15) is 0 Å². The number of hydrogen-bond donors (Lipinski definition) is 1. The zero-order valence-electron chi connectivity index (χ0n) is 8.74. The molecule has 1 spiro atoms. The summed E-state index contributed by atoms with van der Waals surface area (Å²) in [6.07, 6.45) is 9.34. The molecule has 3 aliphatic carbocycles. The maximum atomic E-state index is 9.13. The van der Waals surface area contributed by atoms with Crippen molar-refractivity contribution in [1.29, 1.82) is 0 Å². The lowest BCUT2D eigenvalue weighted by Crippen LogP contribution is -2.47. The highest BCUT2D eigenvalue weighted by molar-refractivity contribution is 5.02. The Morgan fingerprint density at radius 2 is 1.93 bits per heavy atom. The molecule has 80 valence electrons. The molecule has 4 rings (SSSR count). The molecule has 0 aromatic rings. The standard InChI is InChI=1S/C12H20O2/c13-8-11-5-6-12(14-11)7-9-1-3-10(12)4-2-9/h9-11,13H,1-8H2. The molecule has 0 radical (unpaired) electrons. The molecule has 2 unspecified atom stereocenters. The fourth-order valence-electron chi connectivity index (χ4n) is 3.98. The summed E-state index contributed by atoms with van der Waals surface area (Å²) in [4.78, 5) is 0. The van der Waals surface area contributed by atoms with Crippen molar-refractivity contribution in [3.8, 4) is 0 Å². The molecule has 0 amide bonds. The molecule has 0 aromatic carbocycles. The van der Waals surface area contributed by atoms with Gasteiger partial charge in [0, 0.05) is 0 Å². The Kier molecular flexibility index (Phi) is 2.10. The molecular formula is C12H20O2. The third-order valence-electron chi connectivity index (χ3n) is 4.72. The molecule has 14 heavy (non-hydrogen) atoms. The largest absolute Gasteiger partial charge is 0.394 e.